The molecule has 0 heterocycles. The Hall–Kier alpha value is -2.89. The Morgan fingerprint density at radius 3 is 0.725 bits per heavy atom. The minimum Gasteiger partial charge on any atom is -0.462 e. The minimum absolute atomic E-state index is 0.0745. The average Bonchev–Trinajstić information content (AvgIpc) is 3.46. The first kappa shape index (κ1) is 77.1. The van der Waals surface area contributed by atoms with Gasteiger partial charge in [-0.2, -0.15) is 0 Å². The van der Waals surface area contributed by atoms with Crippen LogP contribution in [-0.2, 0) is 28.6 Å². The Labute approximate surface area is 498 Å². The summed E-state index contributed by atoms with van der Waals surface area (Å²) in [5, 5.41) is 0. The summed E-state index contributed by atoms with van der Waals surface area (Å²) in [7, 11) is 0. The van der Waals surface area contributed by atoms with Crippen LogP contribution in [-0.4, -0.2) is 37.2 Å². The molecule has 6 nitrogen and oxygen atoms in total. The number of ether oxygens (including phenoxy) is 3. The zero-order valence-electron chi connectivity index (χ0n) is 53.6. The van der Waals surface area contributed by atoms with Crippen molar-refractivity contribution in [3.05, 3.63) is 60.8 Å². The summed E-state index contributed by atoms with van der Waals surface area (Å²) in [6.07, 6.45) is 88.2. The third-order valence-electron chi connectivity index (χ3n) is 15.7. The fourth-order valence-corrected chi connectivity index (χ4v) is 10.4. The standard InChI is InChI=1S/C74H134O6/c1-4-7-10-13-16-19-22-25-27-29-31-33-35-37-39-41-43-45-47-49-52-55-58-61-64-67-73(76)79-70-71(69-78-72(75)66-63-60-57-54-51-24-21-18-15-12-9-6-3)80-74(77)68-65-62-59-56-53-50-48-46-44-42-40-38-36-34-32-30-28-26-23-20-17-14-11-8-5-2/h18,21-23,25-26,29-32,71H,4-17,19-20,24,27-28,33-70H2,1-3H3/b21-18-,25-22-,26-23-,31-29-,32-30-. The van der Waals surface area contributed by atoms with Crippen LogP contribution < -0.4 is 0 Å². The molecule has 0 fully saturated rings. The van der Waals surface area contributed by atoms with Crippen LogP contribution in [0.15, 0.2) is 60.8 Å². The Balaban J connectivity index is 4.23. The van der Waals surface area contributed by atoms with Crippen molar-refractivity contribution in [3.63, 3.8) is 0 Å². The molecule has 0 spiro atoms. The van der Waals surface area contributed by atoms with E-state index in [4.69, 9.17) is 14.2 Å². The van der Waals surface area contributed by atoms with Gasteiger partial charge in [-0.1, -0.05) is 306 Å². The van der Waals surface area contributed by atoms with Gasteiger partial charge in [0.2, 0.25) is 0 Å². The predicted molar refractivity (Wildman–Crippen MR) is 348 cm³/mol. The van der Waals surface area contributed by atoms with Crippen LogP contribution in [0, 0.1) is 0 Å². The van der Waals surface area contributed by atoms with E-state index in [1.54, 1.807) is 0 Å². The SMILES string of the molecule is CCCCC/C=C\CCCCCCCC(=O)OCC(COC(=O)CCCCCCCCCCCCCCC/C=C\C/C=C\CCCCCCC)OC(=O)CCCCCCCCCCCCCCC/C=C\C/C=C\CCCCCCC. The van der Waals surface area contributed by atoms with Crippen LogP contribution in [0.25, 0.3) is 0 Å². The van der Waals surface area contributed by atoms with Crippen molar-refractivity contribution in [2.24, 2.45) is 0 Å². The lowest BCUT2D eigenvalue weighted by atomic mass is 10.0. The monoisotopic (exact) mass is 1120 g/mol. The molecule has 0 N–H and O–H groups in total. The highest BCUT2D eigenvalue weighted by Crippen LogP contribution is 2.18. The molecule has 0 bridgehead atoms. The number of carbonyl (C=O) groups excluding carboxylic acids is 3. The number of rotatable bonds is 65. The van der Waals surface area contributed by atoms with Gasteiger partial charge in [-0.15, -0.1) is 0 Å². The number of hydrogen-bond acceptors (Lipinski definition) is 6. The van der Waals surface area contributed by atoms with E-state index in [1.807, 2.05) is 0 Å². The molecule has 0 saturated carbocycles. The molecule has 0 rings (SSSR count). The first-order chi connectivity index (χ1) is 39.5. The largest absolute Gasteiger partial charge is 0.462 e. The van der Waals surface area contributed by atoms with Crippen molar-refractivity contribution in [1.29, 1.82) is 0 Å². The van der Waals surface area contributed by atoms with E-state index in [2.05, 4.69) is 81.5 Å². The van der Waals surface area contributed by atoms with Crippen molar-refractivity contribution < 1.29 is 28.6 Å². The summed E-state index contributed by atoms with van der Waals surface area (Å²) in [6.45, 7) is 6.64. The van der Waals surface area contributed by atoms with Crippen LogP contribution >= 0.6 is 0 Å². The summed E-state index contributed by atoms with van der Waals surface area (Å²) in [5.41, 5.74) is 0. The molecule has 1 unspecified atom stereocenters. The van der Waals surface area contributed by atoms with Crippen molar-refractivity contribution >= 4 is 17.9 Å². The molecular weight excluding hydrogens is 985 g/mol. The van der Waals surface area contributed by atoms with Gasteiger partial charge in [-0.05, 0) is 109 Å². The Bertz CT molecular complexity index is 1430. The molecule has 80 heavy (non-hydrogen) atoms. The molecule has 0 aromatic heterocycles. The van der Waals surface area contributed by atoms with E-state index in [9.17, 15) is 14.4 Å². The molecule has 0 amide bonds. The lowest BCUT2D eigenvalue weighted by Crippen LogP contribution is -2.30. The highest BCUT2D eigenvalue weighted by Gasteiger charge is 2.19. The summed E-state index contributed by atoms with van der Waals surface area (Å²) in [5.74, 6) is -0.864. The third-order valence-corrected chi connectivity index (χ3v) is 15.7. The normalized spacial score (nSPS) is 12.4. The van der Waals surface area contributed by atoms with E-state index in [0.29, 0.717) is 19.3 Å². The highest BCUT2D eigenvalue weighted by molar-refractivity contribution is 5.71. The van der Waals surface area contributed by atoms with E-state index in [1.165, 1.54) is 257 Å². The molecule has 0 aromatic carbocycles. The van der Waals surface area contributed by atoms with Crippen LogP contribution in [0.1, 0.15) is 374 Å². The minimum atomic E-state index is -0.779. The Kier molecular flexibility index (Phi) is 66.1. The lowest BCUT2D eigenvalue weighted by molar-refractivity contribution is -0.167. The van der Waals surface area contributed by atoms with Crippen molar-refractivity contribution in [2.45, 2.75) is 380 Å². The number of unbranched alkanes of at least 4 members (excludes halogenated alkanes) is 44. The quantitative estimate of drug-likeness (QED) is 0.0261. The van der Waals surface area contributed by atoms with E-state index < -0.39 is 6.10 Å². The summed E-state index contributed by atoms with van der Waals surface area (Å²) in [4.78, 5) is 38.4. The second-order valence-corrected chi connectivity index (χ2v) is 23.8. The second kappa shape index (κ2) is 68.6. The summed E-state index contributed by atoms with van der Waals surface area (Å²) >= 11 is 0. The van der Waals surface area contributed by atoms with Gasteiger partial charge >= 0.3 is 17.9 Å². The van der Waals surface area contributed by atoms with Gasteiger partial charge in [0.05, 0.1) is 0 Å². The van der Waals surface area contributed by atoms with E-state index in [0.717, 1.165) is 77.0 Å². The number of carbonyl (C=O) groups is 3. The van der Waals surface area contributed by atoms with Crippen LogP contribution in [0.4, 0.5) is 0 Å². The topological polar surface area (TPSA) is 78.9 Å². The van der Waals surface area contributed by atoms with E-state index in [-0.39, 0.29) is 31.1 Å². The van der Waals surface area contributed by atoms with Gasteiger partial charge in [0, 0.05) is 19.3 Å². The van der Waals surface area contributed by atoms with Gasteiger partial charge in [-0.25, -0.2) is 0 Å². The van der Waals surface area contributed by atoms with Crippen LogP contribution in [0.5, 0.6) is 0 Å². The van der Waals surface area contributed by atoms with Gasteiger partial charge in [0.25, 0.3) is 0 Å². The molecule has 0 radical (unpaired) electrons. The second-order valence-electron chi connectivity index (χ2n) is 23.8. The first-order valence-electron chi connectivity index (χ1n) is 35.3. The van der Waals surface area contributed by atoms with Gasteiger partial charge in [0.15, 0.2) is 6.10 Å². The maximum absolute atomic E-state index is 12.9. The van der Waals surface area contributed by atoms with Gasteiger partial charge in [-0.3, -0.25) is 14.4 Å². The molecule has 0 aliphatic carbocycles. The maximum atomic E-state index is 12.9. The Morgan fingerprint density at radius 2 is 0.450 bits per heavy atom. The van der Waals surface area contributed by atoms with Crippen molar-refractivity contribution in [2.75, 3.05) is 13.2 Å². The Morgan fingerprint density at radius 1 is 0.250 bits per heavy atom. The zero-order valence-corrected chi connectivity index (χ0v) is 53.6. The fraction of sp³-hybridized carbons (Fsp3) is 0.824. The molecule has 0 aliphatic rings. The smallest absolute Gasteiger partial charge is 0.306 e. The molecule has 0 aliphatic heterocycles. The van der Waals surface area contributed by atoms with Gasteiger partial charge < -0.3 is 14.2 Å². The summed E-state index contributed by atoms with van der Waals surface area (Å²) in [6, 6.07) is 0. The average molecular weight is 1120 g/mol. The number of allylic oxidation sites excluding steroid dienone is 10. The lowest BCUT2D eigenvalue weighted by Gasteiger charge is -2.18. The number of hydrogen-bond donors (Lipinski definition) is 0. The van der Waals surface area contributed by atoms with Crippen LogP contribution in [0.2, 0.25) is 0 Å². The summed E-state index contributed by atoms with van der Waals surface area (Å²) < 4.78 is 17.0. The number of esters is 3. The molecule has 0 saturated heterocycles. The first-order valence-corrected chi connectivity index (χ1v) is 35.3. The van der Waals surface area contributed by atoms with E-state index >= 15 is 0 Å². The van der Waals surface area contributed by atoms with Crippen molar-refractivity contribution in [1.82, 2.24) is 0 Å². The molecule has 0 aromatic rings. The maximum Gasteiger partial charge on any atom is 0.306 e. The zero-order chi connectivity index (χ0) is 57.8. The fourth-order valence-electron chi connectivity index (χ4n) is 10.4. The third kappa shape index (κ3) is 65.9. The van der Waals surface area contributed by atoms with Crippen LogP contribution in [0.3, 0.4) is 0 Å². The molecule has 1 atom stereocenters. The molecular formula is C74H134O6. The molecule has 466 valence electrons. The van der Waals surface area contributed by atoms with Gasteiger partial charge in [0.1, 0.15) is 13.2 Å². The molecule has 6 heteroatoms. The predicted octanol–water partition coefficient (Wildman–Crippen LogP) is 24.3. The van der Waals surface area contributed by atoms with Crippen molar-refractivity contribution in [3.8, 4) is 0 Å². The highest BCUT2D eigenvalue weighted by atomic mass is 16.6.